The third kappa shape index (κ3) is 4.53. The summed E-state index contributed by atoms with van der Waals surface area (Å²) in [5.41, 5.74) is 2.84. The Bertz CT molecular complexity index is 1020. The van der Waals surface area contributed by atoms with Crippen LogP contribution in [0.1, 0.15) is 18.2 Å². The molecule has 2 heterocycles. The molecule has 0 aliphatic carbocycles. The van der Waals surface area contributed by atoms with Crippen LogP contribution in [0.5, 0.6) is 5.75 Å². The monoisotopic (exact) mass is 379 g/mol. The van der Waals surface area contributed by atoms with Crippen molar-refractivity contribution in [3.63, 3.8) is 0 Å². The summed E-state index contributed by atoms with van der Waals surface area (Å²) in [6.45, 7) is 3.49. The molecule has 0 bridgehead atoms. The highest BCUT2D eigenvalue weighted by Gasteiger charge is 2.15. The molecule has 1 atom stereocenters. The van der Waals surface area contributed by atoms with Gasteiger partial charge in [0.25, 0.3) is 0 Å². The first kappa shape index (κ1) is 19.1. The SMILES string of the molecule is COc1ccc(/C=C/C(=O)NC(C)C(=O)Nc2cnc3n[nH]c(C)c3c2)cc1. The van der Waals surface area contributed by atoms with E-state index in [9.17, 15) is 9.59 Å². The summed E-state index contributed by atoms with van der Waals surface area (Å²) >= 11 is 0. The van der Waals surface area contributed by atoms with E-state index in [1.165, 1.54) is 12.3 Å². The number of methoxy groups -OCH3 is 1. The van der Waals surface area contributed by atoms with Gasteiger partial charge in [0.2, 0.25) is 11.8 Å². The topological polar surface area (TPSA) is 109 Å². The number of aromatic nitrogens is 3. The Kier molecular flexibility index (Phi) is 5.69. The lowest BCUT2D eigenvalue weighted by molar-refractivity contribution is -0.123. The molecule has 0 aliphatic heterocycles. The first-order valence-electron chi connectivity index (χ1n) is 8.70. The molecule has 1 unspecified atom stereocenters. The molecule has 3 aromatic rings. The van der Waals surface area contributed by atoms with Gasteiger partial charge in [0, 0.05) is 17.2 Å². The molecule has 28 heavy (non-hydrogen) atoms. The van der Waals surface area contributed by atoms with Crippen LogP contribution < -0.4 is 15.4 Å². The molecule has 0 radical (unpaired) electrons. The number of rotatable bonds is 6. The van der Waals surface area contributed by atoms with E-state index < -0.39 is 6.04 Å². The number of fused-ring (bicyclic) bond motifs is 1. The number of anilines is 1. The van der Waals surface area contributed by atoms with Gasteiger partial charge in [-0.1, -0.05) is 12.1 Å². The number of nitrogens with one attached hydrogen (secondary N) is 3. The van der Waals surface area contributed by atoms with Gasteiger partial charge in [-0.05, 0) is 43.7 Å². The second kappa shape index (κ2) is 8.34. The zero-order valence-corrected chi connectivity index (χ0v) is 15.8. The minimum atomic E-state index is -0.714. The van der Waals surface area contributed by atoms with Gasteiger partial charge >= 0.3 is 0 Å². The highest BCUT2D eigenvalue weighted by molar-refractivity contribution is 6.00. The smallest absolute Gasteiger partial charge is 0.246 e. The fraction of sp³-hybridized carbons (Fsp3) is 0.200. The van der Waals surface area contributed by atoms with Gasteiger partial charge in [0.15, 0.2) is 5.65 Å². The minimum absolute atomic E-state index is 0.339. The average molecular weight is 379 g/mol. The van der Waals surface area contributed by atoms with E-state index in [1.807, 2.05) is 19.1 Å². The van der Waals surface area contributed by atoms with Gasteiger partial charge in [0.05, 0.1) is 19.0 Å². The van der Waals surface area contributed by atoms with Crippen molar-refractivity contribution in [2.24, 2.45) is 0 Å². The number of nitrogens with zero attached hydrogens (tertiary/aromatic N) is 2. The van der Waals surface area contributed by atoms with Gasteiger partial charge in [-0.2, -0.15) is 5.10 Å². The molecular formula is C20H21N5O3. The van der Waals surface area contributed by atoms with Crippen LogP contribution in [0.2, 0.25) is 0 Å². The van der Waals surface area contributed by atoms with E-state index >= 15 is 0 Å². The number of ether oxygens (including phenoxy) is 1. The molecule has 8 heteroatoms. The zero-order chi connectivity index (χ0) is 20.1. The number of aromatic amines is 1. The highest BCUT2D eigenvalue weighted by Crippen LogP contribution is 2.17. The Morgan fingerprint density at radius 3 is 2.71 bits per heavy atom. The number of hydrogen-bond acceptors (Lipinski definition) is 5. The number of carbonyl (C=O) groups excluding carboxylic acids is 2. The summed E-state index contributed by atoms with van der Waals surface area (Å²) in [5, 5.41) is 13.1. The Balaban J connectivity index is 1.56. The van der Waals surface area contributed by atoms with Gasteiger partial charge in [-0.15, -0.1) is 0 Å². The molecule has 3 rings (SSSR count). The molecule has 8 nitrogen and oxygen atoms in total. The Hall–Kier alpha value is -3.68. The molecule has 0 spiro atoms. The number of H-pyrrole nitrogens is 1. The molecule has 2 amide bonds. The van der Waals surface area contributed by atoms with Crippen LogP contribution in [0.25, 0.3) is 17.1 Å². The van der Waals surface area contributed by atoms with Crippen LogP contribution in [0.4, 0.5) is 5.69 Å². The van der Waals surface area contributed by atoms with Crippen LogP contribution in [-0.2, 0) is 9.59 Å². The Morgan fingerprint density at radius 1 is 1.25 bits per heavy atom. The maximum Gasteiger partial charge on any atom is 0.246 e. The van der Waals surface area contributed by atoms with Crippen molar-refractivity contribution in [3.05, 3.63) is 53.9 Å². The van der Waals surface area contributed by atoms with Crippen LogP contribution in [0, 0.1) is 6.92 Å². The van der Waals surface area contributed by atoms with E-state index in [2.05, 4.69) is 25.8 Å². The standard InChI is InChI=1S/C20H21N5O3/c1-12-17-10-15(11-21-19(17)25-24-12)23-20(27)13(2)22-18(26)9-6-14-4-7-16(28-3)8-5-14/h4-11,13H,1-3H3,(H,22,26)(H,23,27)(H,21,24,25)/b9-6+. The summed E-state index contributed by atoms with van der Waals surface area (Å²) in [7, 11) is 1.59. The molecule has 0 saturated carbocycles. The van der Waals surface area contributed by atoms with Crippen molar-refractivity contribution < 1.29 is 14.3 Å². The van der Waals surface area contributed by atoms with Crippen LogP contribution in [-0.4, -0.2) is 40.1 Å². The summed E-state index contributed by atoms with van der Waals surface area (Å²) in [5.74, 6) is 0.0383. The van der Waals surface area contributed by atoms with E-state index in [0.717, 1.165) is 22.4 Å². The third-order valence-electron chi connectivity index (χ3n) is 4.16. The lowest BCUT2D eigenvalue weighted by Gasteiger charge is -2.13. The van der Waals surface area contributed by atoms with Crippen LogP contribution in [0.15, 0.2) is 42.6 Å². The predicted molar refractivity (Wildman–Crippen MR) is 107 cm³/mol. The number of amides is 2. The summed E-state index contributed by atoms with van der Waals surface area (Å²) in [4.78, 5) is 28.6. The molecule has 0 saturated heterocycles. The normalized spacial score (nSPS) is 12.1. The van der Waals surface area contributed by atoms with Crippen molar-refractivity contribution in [1.82, 2.24) is 20.5 Å². The summed E-state index contributed by atoms with van der Waals surface area (Å²) in [6.07, 6.45) is 4.57. The van der Waals surface area contributed by atoms with Gasteiger partial charge in [-0.25, -0.2) is 4.98 Å². The zero-order valence-electron chi connectivity index (χ0n) is 15.8. The maximum absolute atomic E-state index is 12.3. The average Bonchev–Trinajstić information content (AvgIpc) is 3.07. The van der Waals surface area contributed by atoms with E-state index in [-0.39, 0.29) is 11.8 Å². The summed E-state index contributed by atoms with van der Waals surface area (Å²) < 4.78 is 5.09. The Morgan fingerprint density at radius 2 is 2.00 bits per heavy atom. The largest absolute Gasteiger partial charge is 0.497 e. The lowest BCUT2D eigenvalue weighted by atomic mass is 10.2. The fourth-order valence-electron chi connectivity index (χ4n) is 2.55. The molecule has 0 aliphatic rings. The second-order valence-corrected chi connectivity index (χ2v) is 6.27. The maximum atomic E-state index is 12.3. The van der Waals surface area contributed by atoms with E-state index in [4.69, 9.17) is 4.74 Å². The van der Waals surface area contributed by atoms with E-state index in [0.29, 0.717) is 11.3 Å². The van der Waals surface area contributed by atoms with Crippen LogP contribution in [0.3, 0.4) is 0 Å². The second-order valence-electron chi connectivity index (χ2n) is 6.27. The highest BCUT2D eigenvalue weighted by atomic mass is 16.5. The van der Waals surface area contributed by atoms with E-state index in [1.54, 1.807) is 38.3 Å². The predicted octanol–water partition coefficient (Wildman–Crippen LogP) is 2.43. The van der Waals surface area contributed by atoms with Crippen molar-refractivity contribution in [2.45, 2.75) is 19.9 Å². The van der Waals surface area contributed by atoms with Gasteiger partial charge in [-0.3, -0.25) is 14.7 Å². The van der Waals surface area contributed by atoms with Crippen molar-refractivity contribution in [1.29, 1.82) is 0 Å². The molecule has 2 aromatic heterocycles. The van der Waals surface area contributed by atoms with Crippen molar-refractivity contribution >= 4 is 34.6 Å². The fourth-order valence-corrected chi connectivity index (χ4v) is 2.55. The van der Waals surface area contributed by atoms with Crippen molar-refractivity contribution in [2.75, 3.05) is 12.4 Å². The molecular weight excluding hydrogens is 358 g/mol. The first-order chi connectivity index (χ1) is 13.5. The third-order valence-corrected chi connectivity index (χ3v) is 4.16. The van der Waals surface area contributed by atoms with Crippen molar-refractivity contribution in [3.8, 4) is 5.75 Å². The van der Waals surface area contributed by atoms with Gasteiger partial charge < -0.3 is 15.4 Å². The molecule has 0 fully saturated rings. The molecule has 144 valence electrons. The number of pyridine rings is 1. The first-order valence-corrected chi connectivity index (χ1v) is 8.70. The number of carbonyl (C=O) groups is 2. The Labute approximate surface area is 162 Å². The number of hydrogen-bond donors (Lipinski definition) is 3. The van der Waals surface area contributed by atoms with Crippen LogP contribution >= 0.6 is 0 Å². The number of benzene rings is 1. The number of aryl methyl sites for hydroxylation is 1. The summed E-state index contributed by atoms with van der Waals surface area (Å²) in [6, 6.07) is 8.35. The lowest BCUT2D eigenvalue weighted by Crippen LogP contribution is -2.40. The minimum Gasteiger partial charge on any atom is -0.497 e. The van der Waals surface area contributed by atoms with Gasteiger partial charge in [0.1, 0.15) is 11.8 Å². The molecule has 1 aromatic carbocycles. The quantitative estimate of drug-likeness (QED) is 0.570. The molecule has 3 N–H and O–H groups in total.